The summed E-state index contributed by atoms with van der Waals surface area (Å²) >= 11 is 1.44. The highest BCUT2D eigenvalue weighted by Crippen LogP contribution is 2.28. The maximum Gasteiger partial charge on any atom is 0.339 e. The Hall–Kier alpha value is -2.80. The van der Waals surface area contributed by atoms with Gasteiger partial charge in [0.05, 0.1) is 23.4 Å². The van der Waals surface area contributed by atoms with E-state index in [9.17, 15) is 9.59 Å². The predicted molar refractivity (Wildman–Crippen MR) is 101 cm³/mol. The molecule has 0 aromatic carbocycles. The van der Waals surface area contributed by atoms with Crippen LogP contribution in [0.5, 0.6) is 0 Å². The molecule has 0 aliphatic carbocycles. The van der Waals surface area contributed by atoms with Crippen LogP contribution >= 0.6 is 11.3 Å². The summed E-state index contributed by atoms with van der Waals surface area (Å²) in [6.07, 6.45) is 4.80. The molecule has 7 heteroatoms. The summed E-state index contributed by atoms with van der Waals surface area (Å²) in [5.74, 6) is -0.432. The van der Waals surface area contributed by atoms with Gasteiger partial charge in [0.25, 0.3) is 5.56 Å². The summed E-state index contributed by atoms with van der Waals surface area (Å²) in [7, 11) is 0. The van der Waals surface area contributed by atoms with Crippen molar-refractivity contribution in [2.45, 2.75) is 26.7 Å². The first-order chi connectivity index (χ1) is 12.6. The number of rotatable bonds is 6. The highest BCUT2D eigenvalue weighted by atomic mass is 32.1. The molecule has 26 heavy (non-hydrogen) atoms. The van der Waals surface area contributed by atoms with Gasteiger partial charge in [0, 0.05) is 29.0 Å². The molecule has 0 bridgehead atoms. The topological polar surface area (TPSA) is 84.9 Å². The minimum atomic E-state index is -0.432. The summed E-state index contributed by atoms with van der Waals surface area (Å²) in [5, 5.41) is 2.60. The zero-order valence-electron chi connectivity index (χ0n) is 14.6. The Labute approximate surface area is 154 Å². The maximum absolute atomic E-state index is 12.5. The van der Waals surface area contributed by atoms with Gasteiger partial charge in [-0.2, -0.15) is 0 Å². The number of esters is 1. The van der Waals surface area contributed by atoms with Crippen molar-refractivity contribution in [1.82, 2.24) is 15.0 Å². The summed E-state index contributed by atoms with van der Waals surface area (Å²) in [6, 6.07) is 5.32. The normalized spacial score (nSPS) is 10.7. The van der Waals surface area contributed by atoms with E-state index in [0.717, 1.165) is 17.0 Å². The van der Waals surface area contributed by atoms with E-state index in [1.54, 1.807) is 25.4 Å². The number of H-pyrrole nitrogens is 1. The quantitative estimate of drug-likeness (QED) is 0.670. The molecule has 3 rings (SSSR count). The van der Waals surface area contributed by atoms with Crippen molar-refractivity contribution in [2.24, 2.45) is 0 Å². The van der Waals surface area contributed by atoms with Gasteiger partial charge in [0.1, 0.15) is 5.01 Å². The summed E-state index contributed by atoms with van der Waals surface area (Å²) in [6.45, 7) is 4.02. The van der Waals surface area contributed by atoms with Crippen LogP contribution in [-0.4, -0.2) is 27.5 Å². The molecule has 0 saturated carbocycles. The lowest BCUT2D eigenvalue weighted by molar-refractivity contribution is 0.0524. The zero-order valence-corrected chi connectivity index (χ0v) is 15.4. The zero-order chi connectivity index (χ0) is 18.5. The van der Waals surface area contributed by atoms with Crippen molar-refractivity contribution in [3.05, 3.63) is 57.6 Å². The smallest absolute Gasteiger partial charge is 0.339 e. The lowest BCUT2D eigenvalue weighted by Crippen LogP contribution is -2.18. The second-order valence-electron chi connectivity index (χ2n) is 5.65. The van der Waals surface area contributed by atoms with Crippen LogP contribution in [0.25, 0.3) is 21.8 Å². The second kappa shape index (κ2) is 8.05. The average molecular weight is 369 g/mol. The molecule has 0 radical (unpaired) electrons. The second-order valence-corrected chi connectivity index (χ2v) is 6.51. The third-order valence-corrected chi connectivity index (χ3v) is 4.72. The number of nitrogens with one attached hydrogen (secondary N) is 1. The van der Waals surface area contributed by atoms with Crippen molar-refractivity contribution in [3.63, 3.8) is 0 Å². The SMILES string of the molecule is CCCc1[nH]c(=O)c(-c2csc(-c3ccncc3)n2)cc1C(=O)OCC. The predicted octanol–water partition coefficient (Wildman–Crippen LogP) is 3.69. The van der Waals surface area contributed by atoms with Gasteiger partial charge in [-0.15, -0.1) is 11.3 Å². The Balaban J connectivity index is 2.05. The van der Waals surface area contributed by atoms with Crippen LogP contribution < -0.4 is 5.56 Å². The molecule has 0 spiro atoms. The van der Waals surface area contributed by atoms with Gasteiger partial charge in [-0.3, -0.25) is 9.78 Å². The van der Waals surface area contributed by atoms with Crippen LogP contribution in [0.3, 0.4) is 0 Å². The molecular weight excluding hydrogens is 350 g/mol. The Morgan fingerprint density at radius 2 is 2.04 bits per heavy atom. The van der Waals surface area contributed by atoms with E-state index in [1.807, 2.05) is 24.4 Å². The van der Waals surface area contributed by atoms with Gasteiger partial charge >= 0.3 is 5.97 Å². The van der Waals surface area contributed by atoms with E-state index in [4.69, 9.17) is 4.74 Å². The van der Waals surface area contributed by atoms with Crippen molar-refractivity contribution >= 4 is 17.3 Å². The van der Waals surface area contributed by atoms with Crippen LogP contribution in [0.1, 0.15) is 36.3 Å². The number of hydrogen-bond donors (Lipinski definition) is 1. The van der Waals surface area contributed by atoms with Gasteiger partial charge in [0.2, 0.25) is 0 Å². The molecule has 0 atom stereocenters. The summed E-state index contributed by atoms with van der Waals surface area (Å²) in [4.78, 5) is 36.2. The molecule has 0 aliphatic rings. The average Bonchev–Trinajstić information content (AvgIpc) is 3.13. The number of pyridine rings is 2. The van der Waals surface area contributed by atoms with Gasteiger partial charge in [0.15, 0.2) is 0 Å². The summed E-state index contributed by atoms with van der Waals surface area (Å²) in [5.41, 5.74) is 2.57. The minimum absolute atomic E-state index is 0.256. The molecule has 0 saturated heterocycles. The van der Waals surface area contributed by atoms with Crippen LogP contribution in [0.15, 0.2) is 40.8 Å². The number of aromatic amines is 1. The Morgan fingerprint density at radius 1 is 1.27 bits per heavy atom. The molecule has 3 aromatic heterocycles. The highest BCUT2D eigenvalue weighted by molar-refractivity contribution is 7.13. The van der Waals surface area contributed by atoms with Gasteiger partial charge in [-0.05, 0) is 31.5 Å². The fourth-order valence-electron chi connectivity index (χ4n) is 2.62. The number of carbonyl (C=O) groups excluding carboxylic acids is 1. The van der Waals surface area contributed by atoms with Gasteiger partial charge < -0.3 is 9.72 Å². The van der Waals surface area contributed by atoms with Crippen molar-refractivity contribution in [3.8, 4) is 21.8 Å². The van der Waals surface area contributed by atoms with Gasteiger partial charge in [-0.25, -0.2) is 9.78 Å². The number of carbonyl (C=O) groups is 1. The van der Waals surface area contributed by atoms with Crippen LogP contribution in [0.2, 0.25) is 0 Å². The van der Waals surface area contributed by atoms with Crippen molar-refractivity contribution in [2.75, 3.05) is 6.61 Å². The number of thiazole rings is 1. The van der Waals surface area contributed by atoms with Crippen LogP contribution in [0.4, 0.5) is 0 Å². The first-order valence-corrected chi connectivity index (χ1v) is 9.31. The molecule has 3 heterocycles. The van der Waals surface area contributed by atoms with Gasteiger partial charge in [-0.1, -0.05) is 13.3 Å². The molecule has 0 unspecified atom stereocenters. The van der Waals surface area contributed by atoms with Crippen LogP contribution in [-0.2, 0) is 11.2 Å². The molecule has 0 aliphatic heterocycles. The van der Waals surface area contributed by atoms with E-state index in [-0.39, 0.29) is 12.2 Å². The first-order valence-electron chi connectivity index (χ1n) is 8.43. The number of hydrogen-bond acceptors (Lipinski definition) is 6. The maximum atomic E-state index is 12.5. The molecule has 1 N–H and O–H groups in total. The molecule has 0 amide bonds. The number of aryl methyl sites for hydroxylation is 1. The lowest BCUT2D eigenvalue weighted by Gasteiger charge is -2.09. The molecular formula is C19H19N3O3S. The fourth-order valence-corrected chi connectivity index (χ4v) is 3.45. The molecule has 3 aromatic rings. The van der Waals surface area contributed by atoms with Crippen LogP contribution in [0, 0.1) is 0 Å². The van der Waals surface area contributed by atoms with Crippen molar-refractivity contribution < 1.29 is 9.53 Å². The Kier molecular flexibility index (Phi) is 5.58. The van der Waals surface area contributed by atoms with E-state index in [1.165, 1.54) is 11.3 Å². The monoisotopic (exact) mass is 369 g/mol. The van der Waals surface area contributed by atoms with Crippen molar-refractivity contribution in [1.29, 1.82) is 0 Å². The number of aromatic nitrogens is 3. The Bertz CT molecular complexity index is 964. The fraction of sp³-hybridized carbons (Fsp3) is 0.263. The third kappa shape index (κ3) is 3.72. The molecule has 0 fully saturated rings. The summed E-state index contributed by atoms with van der Waals surface area (Å²) < 4.78 is 5.13. The Morgan fingerprint density at radius 3 is 2.73 bits per heavy atom. The molecule has 134 valence electrons. The van der Waals surface area contributed by atoms with E-state index < -0.39 is 5.97 Å². The number of nitrogens with zero attached hydrogens (tertiary/aromatic N) is 2. The lowest BCUT2D eigenvalue weighted by atomic mass is 10.1. The molecule has 6 nitrogen and oxygen atoms in total. The standard InChI is InChI=1S/C19H19N3O3S/c1-3-5-15-14(19(24)25-4-2)10-13(17(23)21-15)16-11-26-18(22-16)12-6-8-20-9-7-12/h6-11H,3-5H2,1-2H3,(H,21,23). The third-order valence-electron chi connectivity index (χ3n) is 3.83. The highest BCUT2D eigenvalue weighted by Gasteiger charge is 2.18. The van der Waals surface area contributed by atoms with E-state index in [0.29, 0.717) is 28.9 Å². The van der Waals surface area contributed by atoms with E-state index >= 15 is 0 Å². The number of ether oxygens (including phenoxy) is 1. The minimum Gasteiger partial charge on any atom is -0.462 e. The largest absolute Gasteiger partial charge is 0.462 e. The van der Waals surface area contributed by atoms with E-state index in [2.05, 4.69) is 15.0 Å². The first kappa shape index (κ1) is 18.0.